The van der Waals surface area contributed by atoms with Crippen LogP contribution in [0.15, 0.2) is 88.7 Å². The molecule has 1 N–H and O–H groups in total. The van der Waals surface area contributed by atoms with Gasteiger partial charge in [-0.05, 0) is 37.3 Å². The number of quaternary nitrogens is 1. The number of hydrogen-bond donors (Lipinski definition) is 1. The lowest BCUT2D eigenvalue weighted by Gasteiger charge is -2.34. The van der Waals surface area contributed by atoms with Crippen molar-refractivity contribution in [3.05, 3.63) is 90.0 Å². The molecular weight excluding hydrogens is 348 g/mol. The third kappa shape index (κ3) is 4.74. The third-order valence-electron chi connectivity index (χ3n) is 5.22. The molecule has 3 aromatic carbocycles. The van der Waals surface area contributed by atoms with E-state index in [1.54, 1.807) is 4.90 Å². The van der Waals surface area contributed by atoms with Gasteiger partial charge >= 0.3 is 0 Å². The van der Waals surface area contributed by atoms with Crippen molar-refractivity contribution >= 4 is 17.4 Å². The number of nitrogens with one attached hydrogen (secondary N) is 1. The van der Waals surface area contributed by atoms with Crippen LogP contribution in [0.25, 0.3) is 0 Å². The van der Waals surface area contributed by atoms with Gasteiger partial charge in [-0.25, -0.2) is 0 Å². The van der Waals surface area contributed by atoms with E-state index in [0.29, 0.717) is 0 Å². The molecule has 27 heavy (non-hydrogen) atoms. The number of para-hydroxylation sites is 1. The maximum absolute atomic E-state index is 2.51. The Morgan fingerprint density at radius 1 is 0.852 bits per heavy atom. The molecular formula is C24H27N2S+. The van der Waals surface area contributed by atoms with Gasteiger partial charge in [0.1, 0.15) is 6.54 Å². The summed E-state index contributed by atoms with van der Waals surface area (Å²) >= 11 is 1.89. The molecule has 0 spiro atoms. The smallest absolute Gasteiger partial charge is 0.104 e. The number of piperazine rings is 1. The van der Waals surface area contributed by atoms with Crippen LogP contribution in [0.3, 0.4) is 0 Å². The van der Waals surface area contributed by atoms with Crippen LogP contribution in [-0.4, -0.2) is 26.2 Å². The lowest BCUT2D eigenvalue weighted by Crippen LogP contribution is -3.13. The second-order valence-corrected chi connectivity index (χ2v) is 8.39. The zero-order chi connectivity index (χ0) is 18.5. The maximum Gasteiger partial charge on any atom is 0.104 e. The maximum atomic E-state index is 2.51. The van der Waals surface area contributed by atoms with Crippen LogP contribution in [-0.2, 0) is 6.54 Å². The molecule has 0 saturated carbocycles. The molecule has 0 unspecified atom stereocenters. The Bertz CT molecular complexity index is 870. The first-order valence-electron chi connectivity index (χ1n) is 9.74. The Morgan fingerprint density at radius 3 is 2.37 bits per heavy atom. The van der Waals surface area contributed by atoms with E-state index in [2.05, 4.69) is 90.7 Å². The molecule has 2 nitrogen and oxygen atoms in total. The summed E-state index contributed by atoms with van der Waals surface area (Å²) in [5, 5.41) is 0. The molecule has 0 atom stereocenters. The normalized spacial score (nSPS) is 15.1. The Labute approximate surface area is 166 Å². The van der Waals surface area contributed by atoms with Gasteiger partial charge in [0.15, 0.2) is 0 Å². The Hall–Kier alpha value is -2.23. The van der Waals surface area contributed by atoms with E-state index in [-0.39, 0.29) is 0 Å². The van der Waals surface area contributed by atoms with Crippen molar-refractivity contribution in [2.75, 3.05) is 31.1 Å². The van der Waals surface area contributed by atoms with Crippen molar-refractivity contribution in [2.45, 2.75) is 23.3 Å². The van der Waals surface area contributed by atoms with Crippen molar-refractivity contribution < 1.29 is 4.90 Å². The van der Waals surface area contributed by atoms with E-state index in [9.17, 15) is 0 Å². The molecule has 1 aliphatic heterocycles. The number of aryl methyl sites for hydroxylation is 1. The van der Waals surface area contributed by atoms with E-state index >= 15 is 0 Å². The monoisotopic (exact) mass is 375 g/mol. The summed E-state index contributed by atoms with van der Waals surface area (Å²) in [6.07, 6.45) is 0. The topological polar surface area (TPSA) is 7.68 Å². The van der Waals surface area contributed by atoms with Crippen molar-refractivity contribution in [3.63, 3.8) is 0 Å². The summed E-state index contributed by atoms with van der Waals surface area (Å²) < 4.78 is 0. The lowest BCUT2D eigenvalue weighted by atomic mass is 10.2. The Morgan fingerprint density at radius 2 is 1.59 bits per heavy atom. The minimum absolute atomic E-state index is 1.11. The first-order chi connectivity index (χ1) is 13.3. The van der Waals surface area contributed by atoms with Crippen molar-refractivity contribution in [1.29, 1.82) is 0 Å². The molecule has 0 bridgehead atoms. The van der Waals surface area contributed by atoms with Gasteiger partial charge in [-0.3, -0.25) is 0 Å². The molecule has 0 amide bonds. The number of hydrogen-bond acceptors (Lipinski definition) is 2. The van der Waals surface area contributed by atoms with E-state index in [1.807, 2.05) is 11.8 Å². The van der Waals surface area contributed by atoms with Crippen LogP contribution in [0.5, 0.6) is 0 Å². The van der Waals surface area contributed by atoms with Crippen LogP contribution in [0.4, 0.5) is 5.69 Å². The van der Waals surface area contributed by atoms with Gasteiger partial charge in [0.2, 0.25) is 0 Å². The average molecular weight is 376 g/mol. The van der Waals surface area contributed by atoms with E-state index in [0.717, 1.165) is 19.6 Å². The van der Waals surface area contributed by atoms with Crippen LogP contribution >= 0.6 is 11.8 Å². The molecule has 1 saturated heterocycles. The highest BCUT2D eigenvalue weighted by Crippen LogP contribution is 2.30. The van der Waals surface area contributed by atoms with Gasteiger partial charge in [0.25, 0.3) is 0 Å². The second kappa shape index (κ2) is 8.64. The highest BCUT2D eigenvalue weighted by molar-refractivity contribution is 7.99. The summed E-state index contributed by atoms with van der Waals surface area (Å²) in [5.74, 6) is 0. The van der Waals surface area contributed by atoms with Crippen LogP contribution < -0.4 is 9.80 Å². The van der Waals surface area contributed by atoms with E-state index < -0.39 is 0 Å². The molecule has 1 aliphatic rings. The molecule has 0 radical (unpaired) electrons. The van der Waals surface area contributed by atoms with Gasteiger partial charge in [0.05, 0.1) is 26.2 Å². The first-order valence-corrected chi connectivity index (χ1v) is 10.6. The third-order valence-corrected chi connectivity index (χ3v) is 6.33. The zero-order valence-electron chi connectivity index (χ0n) is 15.9. The molecule has 0 aromatic heterocycles. The van der Waals surface area contributed by atoms with Gasteiger partial charge < -0.3 is 9.80 Å². The second-order valence-electron chi connectivity index (χ2n) is 7.28. The molecule has 3 heteroatoms. The fourth-order valence-electron chi connectivity index (χ4n) is 3.72. The summed E-state index contributed by atoms with van der Waals surface area (Å²) in [7, 11) is 0. The van der Waals surface area contributed by atoms with E-state index in [4.69, 9.17) is 0 Å². The average Bonchev–Trinajstić information content (AvgIpc) is 2.71. The minimum atomic E-state index is 1.11. The molecule has 138 valence electrons. The summed E-state index contributed by atoms with van der Waals surface area (Å²) in [4.78, 5) is 6.91. The highest BCUT2D eigenvalue weighted by atomic mass is 32.2. The van der Waals surface area contributed by atoms with Crippen LogP contribution in [0, 0.1) is 6.92 Å². The molecule has 3 aromatic rings. The van der Waals surface area contributed by atoms with Crippen molar-refractivity contribution in [1.82, 2.24) is 0 Å². The largest absolute Gasteiger partial charge is 0.360 e. The predicted molar refractivity (Wildman–Crippen MR) is 115 cm³/mol. The summed E-state index contributed by atoms with van der Waals surface area (Å²) in [6, 6.07) is 28.5. The number of benzene rings is 3. The lowest BCUT2D eigenvalue weighted by molar-refractivity contribution is -0.914. The number of nitrogens with zero attached hydrogens (tertiary/aromatic N) is 1. The molecule has 4 rings (SSSR count). The number of anilines is 1. The van der Waals surface area contributed by atoms with Gasteiger partial charge in [-0.2, -0.15) is 0 Å². The first kappa shape index (κ1) is 18.1. The summed E-state index contributed by atoms with van der Waals surface area (Å²) in [5.41, 5.74) is 4.14. The molecule has 1 fully saturated rings. The van der Waals surface area contributed by atoms with Crippen molar-refractivity contribution in [2.24, 2.45) is 0 Å². The standard InChI is InChI=1S/C24H26N2S/c1-20-8-7-12-23(18-20)27-24-13-6-5-9-21(24)19-25-14-16-26(17-15-25)22-10-3-2-4-11-22/h2-13,18H,14-17,19H2,1H3/p+1. The SMILES string of the molecule is Cc1cccc(Sc2ccccc2C[NH+]2CCN(c3ccccc3)CC2)c1. The van der Waals surface area contributed by atoms with Gasteiger partial charge in [0, 0.05) is 21.0 Å². The van der Waals surface area contributed by atoms with Crippen molar-refractivity contribution in [3.8, 4) is 0 Å². The fourth-order valence-corrected chi connectivity index (χ4v) is 4.78. The quantitative estimate of drug-likeness (QED) is 0.719. The predicted octanol–water partition coefficient (Wildman–Crippen LogP) is 4.05. The van der Waals surface area contributed by atoms with E-state index in [1.165, 1.54) is 39.7 Å². The van der Waals surface area contributed by atoms with Crippen LogP contribution in [0.2, 0.25) is 0 Å². The molecule has 1 heterocycles. The zero-order valence-corrected chi connectivity index (χ0v) is 16.7. The van der Waals surface area contributed by atoms with Gasteiger partial charge in [-0.1, -0.05) is 65.9 Å². The highest BCUT2D eigenvalue weighted by Gasteiger charge is 2.21. The molecule has 0 aliphatic carbocycles. The summed E-state index contributed by atoms with van der Waals surface area (Å²) in [6.45, 7) is 7.92. The number of rotatable bonds is 5. The Kier molecular flexibility index (Phi) is 5.81. The fraction of sp³-hybridized carbons (Fsp3) is 0.250. The van der Waals surface area contributed by atoms with Crippen LogP contribution in [0.1, 0.15) is 11.1 Å². The van der Waals surface area contributed by atoms with Gasteiger partial charge in [-0.15, -0.1) is 0 Å². The Balaban J connectivity index is 1.40. The minimum Gasteiger partial charge on any atom is -0.360 e.